The minimum atomic E-state index is -0.779. The molecule has 0 unspecified atom stereocenters. The number of hydrogen-bond donors (Lipinski definition) is 1. The summed E-state index contributed by atoms with van der Waals surface area (Å²) in [6.07, 6.45) is 0. The second-order valence-corrected chi connectivity index (χ2v) is 8.28. The van der Waals surface area contributed by atoms with E-state index in [1.807, 2.05) is 31.2 Å². The Morgan fingerprint density at radius 1 is 1.24 bits per heavy atom. The third kappa shape index (κ3) is 5.15. The fraction of sp³-hybridized carbons (Fsp3) is 0.280. The lowest BCUT2D eigenvalue weighted by Crippen LogP contribution is -2.25. The summed E-state index contributed by atoms with van der Waals surface area (Å²) < 4.78 is 22.9. The molecule has 0 spiro atoms. The number of methoxy groups -OCH3 is 1. The Hall–Kier alpha value is -3.44. The molecular formula is C25H25BrN2O5. The molecule has 0 fully saturated rings. The minimum Gasteiger partial charge on any atom is -0.493 e. The molecule has 0 saturated heterocycles. The Morgan fingerprint density at radius 3 is 2.55 bits per heavy atom. The average molecular weight is 513 g/mol. The zero-order valence-corrected chi connectivity index (χ0v) is 20.5. The molecule has 33 heavy (non-hydrogen) atoms. The third-order valence-electron chi connectivity index (χ3n) is 5.19. The van der Waals surface area contributed by atoms with Crippen molar-refractivity contribution in [1.82, 2.24) is 0 Å². The van der Waals surface area contributed by atoms with E-state index in [4.69, 9.17) is 24.7 Å². The minimum absolute atomic E-state index is 0.0529. The Bertz CT molecular complexity index is 1160. The molecule has 172 valence electrons. The van der Waals surface area contributed by atoms with Gasteiger partial charge in [-0.05, 0) is 60.0 Å². The highest BCUT2D eigenvalue weighted by Crippen LogP contribution is 2.45. The largest absolute Gasteiger partial charge is 0.493 e. The fourth-order valence-corrected chi connectivity index (χ4v) is 4.15. The number of benzene rings is 2. The van der Waals surface area contributed by atoms with Gasteiger partial charge in [-0.3, -0.25) is 0 Å². The normalized spacial score (nSPS) is 15.6. The predicted molar refractivity (Wildman–Crippen MR) is 126 cm³/mol. The van der Waals surface area contributed by atoms with Gasteiger partial charge in [0.05, 0.1) is 29.7 Å². The van der Waals surface area contributed by atoms with Crippen LogP contribution < -0.4 is 15.2 Å². The van der Waals surface area contributed by atoms with Crippen LogP contribution in [0.1, 0.15) is 36.5 Å². The number of carbonyl (C=O) groups excluding carboxylic acids is 1. The summed E-state index contributed by atoms with van der Waals surface area (Å²) in [6.45, 7) is 5.88. The number of ether oxygens (including phenoxy) is 4. The van der Waals surface area contributed by atoms with Crippen LogP contribution in [0.5, 0.6) is 11.5 Å². The zero-order chi connectivity index (χ0) is 24.1. The van der Waals surface area contributed by atoms with Crippen molar-refractivity contribution in [3.8, 4) is 17.6 Å². The summed E-state index contributed by atoms with van der Waals surface area (Å²) in [5.74, 6) is -0.181. The molecule has 0 radical (unpaired) electrons. The van der Waals surface area contributed by atoms with Crippen LogP contribution in [0, 0.1) is 18.3 Å². The molecule has 7 nitrogen and oxygen atoms in total. The molecule has 0 bridgehead atoms. The van der Waals surface area contributed by atoms with E-state index in [9.17, 15) is 10.1 Å². The van der Waals surface area contributed by atoms with E-state index in [1.165, 1.54) is 12.7 Å². The molecule has 3 rings (SSSR count). The first-order chi connectivity index (χ1) is 15.8. The van der Waals surface area contributed by atoms with Crippen molar-refractivity contribution in [1.29, 1.82) is 5.26 Å². The van der Waals surface area contributed by atoms with E-state index >= 15 is 0 Å². The maximum Gasteiger partial charge on any atom is 0.338 e. The van der Waals surface area contributed by atoms with E-state index in [1.54, 1.807) is 26.0 Å². The summed E-state index contributed by atoms with van der Waals surface area (Å²) in [4.78, 5) is 12.7. The number of halogens is 1. The second-order valence-electron chi connectivity index (χ2n) is 7.42. The average Bonchev–Trinajstić information content (AvgIpc) is 2.78. The summed E-state index contributed by atoms with van der Waals surface area (Å²) in [5.41, 5.74) is 9.09. The first kappa shape index (κ1) is 24.2. The lowest BCUT2D eigenvalue weighted by Gasteiger charge is -2.27. The number of nitriles is 1. The van der Waals surface area contributed by atoms with Crippen molar-refractivity contribution in [3.63, 3.8) is 0 Å². The van der Waals surface area contributed by atoms with Crippen molar-refractivity contribution >= 4 is 21.9 Å². The van der Waals surface area contributed by atoms with Gasteiger partial charge in [0.2, 0.25) is 5.88 Å². The number of hydrogen-bond acceptors (Lipinski definition) is 7. The molecule has 1 atom stereocenters. The van der Waals surface area contributed by atoms with Crippen molar-refractivity contribution < 1.29 is 23.7 Å². The standard InChI is InChI=1S/C25H25BrN2O5/c1-5-31-25(29)21-15(3)33-24(28)18(12-27)22(21)17-10-19(26)23(20(11-17)30-4)32-13-16-8-6-14(2)7-9-16/h6-11,22H,5,13,28H2,1-4H3/t22-/m0/s1. The maximum absolute atomic E-state index is 12.7. The molecule has 1 heterocycles. The molecule has 2 aromatic rings. The van der Waals surface area contributed by atoms with Gasteiger partial charge in [0.1, 0.15) is 24.0 Å². The lowest BCUT2D eigenvalue weighted by molar-refractivity contribution is -0.139. The number of nitrogens with zero attached hydrogens (tertiary/aromatic N) is 1. The van der Waals surface area contributed by atoms with Crippen LogP contribution in [-0.4, -0.2) is 19.7 Å². The molecule has 0 aromatic heterocycles. The van der Waals surface area contributed by atoms with E-state index in [0.717, 1.165) is 5.56 Å². The summed E-state index contributed by atoms with van der Waals surface area (Å²) in [7, 11) is 1.52. The molecule has 0 saturated carbocycles. The van der Waals surface area contributed by atoms with Crippen molar-refractivity contribution in [2.45, 2.75) is 33.3 Å². The van der Waals surface area contributed by atoms with Crippen LogP contribution in [0.2, 0.25) is 0 Å². The highest BCUT2D eigenvalue weighted by atomic mass is 79.9. The Balaban J connectivity index is 2.03. The molecular weight excluding hydrogens is 488 g/mol. The first-order valence-electron chi connectivity index (χ1n) is 10.3. The Labute approximate surface area is 201 Å². The number of nitrogens with two attached hydrogens (primary N) is 1. The number of aryl methyl sites for hydroxylation is 1. The predicted octanol–water partition coefficient (Wildman–Crippen LogP) is 4.99. The van der Waals surface area contributed by atoms with Gasteiger partial charge < -0.3 is 24.7 Å². The topological polar surface area (TPSA) is 104 Å². The van der Waals surface area contributed by atoms with Crippen LogP contribution in [0.25, 0.3) is 0 Å². The molecule has 8 heteroatoms. The van der Waals surface area contributed by atoms with Gasteiger partial charge in [-0.25, -0.2) is 4.79 Å². The number of rotatable bonds is 7. The zero-order valence-electron chi connectivity index (χ0n) is 18.9. The van der Waals surface area contributed by atoms with Gasteiger partial charge in [0.25, 0.3) is 0 Å². The second kappa shape index (κ2) is 10.5. The molecule has 0 aliphatic carbocycles. The summed E-state index contributed by atoms with van der Waals surface area (Å²) in [5, 5.41) is 9.78. The van der Waals surface area contributed by atoms with Crippen LogP contribution in [0.4, 0.5) is 0 Å². The van der Waals surface area contributed by atoms with E-state index in [-0.39, 0.29) is 29.4 Å². The molecule has 0 amide bonds. The fourth-order valence-electron chi connectivity index (χ4n) is 3.57. The van der Waals surface area contributed by atoms with Crippen LogP contribution >= 0.6 is 15.9 Å². The molecule has 2 aromatic carbocycles. The van der Waals surface area contributed by atoms with Crippen molar-refractivity contribution in [2.75, 3.05) is 13.7 Å². The van der Waals surface area contributed by atoms with Crippen molar-refractivity contribution in [3.05, 3.63) is 80.3 Å². The van der Waals surface area contributed by atoms with Gasteiger partial charge >= 0.3 is 5.97 Å². The number of esters is 1. The van der Waals surface area contributed by atoms with Gasteiger partial charge in [0, 0.05) is 0 Å². The van der Waals surface area contributed by atoms with Gasteiger partial charge in [-0.15, -0.1) is 0 Å². The lowest BCUT2D eigenvalue weighted by atomic mass is 9.83. The Morgan fingerprint density at radius 2 is 1.94 bits per heavy atom. The van der Waals surface area contributed by atoms with Crippen LogP contribution in [0.15, 0.2) is 63.7 Å². The monoisotopic (exact) mass is 512 g/mol. The SMILES string of the molecule is CCOC(=O)C1=C(C)OC(N)=C(C#N)[C@@H]1c1cc(Br)c(OCc2ccc(C)cc2)c(OC)c1. The molecule has 1 aliphatic heterocycles. The number of allylic oxidation sites excluding steroid dienone is 2. The summed E-state index contributed by atoms with van der Waals surface area (Å²) in [6, 6.07) is 13.6. The van der Waals surface area contributed by atoms with Gasteiger partial charge in [0.15, 0.2) is 11.5 Å². The first-order valence-corrected chi connectivity index (χ1v) is 11.1. The molecule has 2 N–H and O–H groups in total. The van der Waals surface area contributed by atoms with Gasteiger partial charge in [-0.2, -0.15) is 5.26 Å². The van der Waals surface area contributed by atoms with Gasteiger partial charge in [-0.1, -0.05) is 29.8 Å². The van der Waals surface area contributed by atoms with E-state index in [2.05, 4.69) is 22.0 Å². The number of carbonyl (C=O) groups is 1. The van der Waals surface area contributed by atoms with Crippen LogP contribution in [0.3, 0.4) is 0 Å². The smallest absolute Gasteiger partial charge is 0.338 e. The summed E-state index contributed by atoms with van der Waals surface area (Å²) >= 11 is 3.55. The van der Waals surface area contributed by atoms with E-state index < -0.39 is 11.9 Å². The molecule has 1 aliphatic rings. The third-order valence-corrected chi connectivity index (χ3v) is 5.78. The van der Waals surface area contributed by atoms with Crippen molar-refractivity contribution in [2.24, 2.45) is 5.73 Å². The van der Waals surface area contributed by atoms with Crippen LogP contribution in [-0.2, 0) is 20.9 Å². The van der Waals surface area contributed by atoms with E-state index in [0.29, 0.717) is 28.1 Å². The highest BCUT2D eigenvalue weighted by molar-refractivity contribution is 9.10. The highest BCUT2D eigenvalue weighted by Gasteiger charge is 2.37. The quantitative estimate of drug-likeness (QED) is 0.521. The maximum atomic E-state index is 12.7. The Kier molecular flexibility index (Phi) is 7.67.